The molecule has 0 saturated heterocycles. The molecule has 1 atom stereocenters. The van der Waals surface area contributed by atoms with Crippen molar-refractivity contribution in [3.05, 3.63) is 155 Å². The fraction of sp³-hybridized carbons (Fsp3) is 0.152. The van der Waals surface area contributed by atoms with E-state index in [-0.39, 0.29) is 37.9 Å². The van der Waals surface area contributed by atoms with Crippen molar-refractivity contribution in [1.29, 1.82) is 0 Å². The highest BCUT2D eigenvalue weighted by atomic mass is 19.2. The summed E-state index contributed by atoms with van der Waals surface area (Å²) in [5.41, 5.74) is 1.37. The van der Waals surface area contributed by atoms with Gasteiger partial charge in [-0.15, -0.1) is 6.58 Å². The Morgan fingerprint density at radius 1 is 0.881 bits per heavy atom. The van der Waals surface area contributed by atoms with Gasteiger partial charge in [-0.3, -0.25) is 19.3 Å². The summed E-state index contributed by atoms with van der Waals surface area (Å²) in [6.07, 6.45) is 4.66. The first-order valence-electron chi connectivity index (χ1n) is 13.3. The summed E-state index contributed by atoms with van der Waals surface area (Å²) >= 11 is 0. The number of carbonyl (C=O) groups excluding carboxylic acids is 1. The first kappa shape index (κ1) is 28.4. The Labute approximate surface area is 242 Å². The van der Waals surface area contributed by atoms with Gasteiger partial charge < -0.3 is 14.4 Å². The van der Waals surface area contributed by atoms with Crippen LogP contribution in [0.25, 0.3) is 0 Å². The van der Waals surface area contributed by atoms with Crippen LogP contribution in [0, 0.1) is 11.6 Å². The molecule has 214 valence electrons. The molecule has 0 radical (unpaired) electrons. The van der Waals surface area contributed by atoms with Crippen molar-refractivity contribution in [3.63, 3.8) is 0 Å². The molecule has 0 spiro atoms. The minimum absolute atomic E-state index is 0.00334. The third-order valence-electron chi connectivity index (χ3n) is 6.82. The maximum Gasteiger partial charge on any atom is 0.278 e. The van der Waals surface area contributed by atoms with Crippen LogP contribution in [-0.4, -0.2) is 35.3 Å². The number of para-hydroxylation sites is 1. The van der Waals surface area contributed by atoms with Crippen LogP contribution in [0.5, 0.6) is 11.5 Å². The highest BCUT2D eigenvalue weighted by Crippen LogP contribution is 2.37. The van der Waals surface area contributed by atoms with Gasteiger partial charge in [-0.1, -0.05) is 73.3 Å². The van der Waals surface area contributed by atoms with Gasteiger partial charge in [0, 0.05) is 24.4 Å². The predicted molar refractivity (Wildman–Crippen MR) is 156 cm³/mol. The van der Waals surface area contributed by atoms with Crippen LogP contribution in [-0.2, 0) is 6.61 Å². The molecule has 0 fully saturated rings. The highest BCUT2D eigenvalue weighted by Gasteiger charge is 2.37. The van der Waals surface area contributed by atoms with Gasteiger partial charge in [-0.25, -0.2) is 8.78 Å². The van der Waals surface area contributed by atoms with E-state index in [0.29, 0.717) is 16.9 Å². The number of halogens is 2. The zero-order chi connectivity index (χ0) is 29.6. The number of benzene rings is 3. The summed E-state index contributed by atoms with van der Waals surface area (Å²) in [6, 6.07) is 20.6. The number of nitrogens with zero attached hydrogens (tertiary/aromatic N) is 3. The molecule has 1 aliphatic rings. The number of hydrogen-bond acceptors (Lipinski definition) is 5. The van der Waals surface area contributed by atoms with E-state index >= 15 is 0 Å². The molecule has 0 bridgehead atoms. The quantitative estimate of drug-likeness (QED) is 0.220. The third kappa shape index (κ3) is 5.67. The number of hydrogen-bond donors (Lipinski definition) is 0. The first-order valence-corrected chi connectivity index (χ1v) is 13.3. The molecule has 4 aromatic rings. The summed E-state index contributed by atoms with van der Waals surface area (Å²) in [5, 5.41) is 1.78. The van der Waals surface area contributed by atoms with E-state index in [1.165, 1.54) is 23.2 Å². The Morgan fingerprint density at radius 2 is 1.64 bits per heavy atom. The molecule has 0 aliphatic carbocycles. The van der Waals surface area contributed by atoms with Crippen molar-refractivity contribution in [2.75, 3.05) is 24.8 Å². The van der Waals surface area contributed by atoms with Crippen molar-refractivity contribution in [2.45, 2.75) is 12.6 Å². The van der Waals surface area contributed by atoms with Gasteiger partial charge in [0.25, 0.3) is 5.91 Å². The molecule has 0 N–H and O–H groups in total. The Hall–Kier alpha value is -5.18. The third-order valence-corrected chi connectivity index (χ3v) is 6.82. The lowest BCUT2D eigenvalue weighted by molar-refractivity contribution is 0.0698. The van der Waals surface area contributed by atoms with Gasteiger partial charge in [-0.05, 0) is 29.3 Å². The van der Waals surface area contributed by atoms with Crippen LogP contribution in [0.15, 0.2) is 115 Å². The van der Waals surface area contributed by atoms with Gasteiger partial charge in [-0.2, -0.15) is 0 Å². The molecule has 5 rings (SSSR count). The molecular formula is C33H29F2N3O4. The van der Waals surface area contributed by atoms with Crippen molar-refractivity contribution < 1.29 is 23.0 Å². The maximum atomic E-state index is 14.7. The standard InChI is InChI=1S/C33H29F2N3O4/c1-3-17-36-22-38(37-18-16-28(39)32(31(37)33(36)40)42-21-23-10-6-5-7-11-23)30(24-14-15-26(34)27(35)20-24)25-12-8-9-13-29(25)41-19-4-2/h3-16,18,20,30H,1-2,17,19,21-22H2. The molecule has 42 heavy (non-hydrogen) atoms. The lowest BCUT2D eigenvalue weighted by atomic mass is 9.96. The molecular weight excluding hydrogens is 540 g/mol. The fourth-order valence-electron chi connectivity index (χ4n) is 4.93. The Bertz CT molecular complexity index is 1670. The molecule has 7 nitrogen and oxygen atoms in total. The van der Waals surface area contributed by atoms with Crippen molar-refractivity contribution in [3.8, 4) is 11.5 Å². The number of rotatable bonds is 11. The van der Waals surface area contributed by atoms with Crippen LogP contribution >= 0.6 is 0 Å². The lowest BCUT2D eigenvalue weighted by Gasteiger charge is -2.44. The minimum Gasteiger partial charge on any atom is -0.489 e. The second kappa shape index (κ2) is 12.6. The van der Waals surface area contributed by atoms with Crippen molar-refractivity contribution >= 4 is 5.91 Å². The van der Waals surface area contributed by atoms with E-state index in [1.54, 1.807) is 40.0 Å². The Morgan fingerprint density at radius 3 is 2.38 bits per heavy atom. The van der Waals surface area contributed by atoms with Gasteiger partial charge in [0.1, 0.15) is 31.7 Å². The van der Waals surface area contributed by atoms with Crippen molar-refractivity contribution in [1.82, 2.24) is 9.58 Å². The Kier molecular flexibility index (Phi) is 8.47. The van der Waals surface area contributed by atoms with Crippen LogP contribution in [0.3, 0.4) is 0 Å². The zero-order valence-electron chi connectivity index (χ0n) is 22.8. The van der Waals surface area contributed by atoms with E-state index in [4.69, 9.17) is 9.47 Å². The van der Waals surface area contributed by atoms with E-state index < -0.39 is 29.0 Å². The summed E-state index contributed by atoms with van der Waals surface area (Å²) < 4.78 is 42.2. The maximum absolute atomic E-state index is 14.7. The summed E-state index contributed by atoms with van der Waals surface area (Å²) in [4.78, 5) is 28.4. The average Bonchev–Trinajstić information content (AvgIpc) is 3.00. The molecule has 0 saturated carbocycles. The van der Waals surface area contributed by atoms with Gasteiger partial charge >= 0.3 is 0 Å². The largest absolute Gasteiger partial charge is 0.489 e. The predicted octanol–water partition coefficient (Wildman–Crippen LogP) is 5.60. The highest BCUT2D eigenvalue weighted by molar-refractivity contribution is 5.96. The molecule has 9 heteroatoms. The van der Waals surface area contributed by atoms with Crippen LogP contribution < -0.4 is 19.9 Å². The summed E-state index contributed by atoms with van der Waals surface area (Å²) in [6.45, 7) is 7.96. The van der Waals surface area contributed by atoms with E-state index in [2.05, 4.69) is 13.2 Å². The zero-order valence-corrected chi connectivity index (χ0v) is 22.8. The normalized spacial score (nSPS) is 13.3. The van der Waals surface area contributed by atoms with Crippen LogP contribution in [0.1, 0.15) is 33.2 Å². The lowest BCUT2D eigenvalue weighted by Crippen LogP contribution is -2.55. The second-order valence-corrected chi connectivity index (χ2v) is 9.59. The summed E-state index contributed by atoms with van der Waals surface area (Å²) in [5.74, 6) is -2.08. The van der Waals surface area contributed by atoms with Crippen LogP contribution in [0.4, 0.5) is 8.78 Å². The molecule has 2 heterocycles. The molecule has 1 aliphatic heterocycles. The molecule has 1 aromatic heterocycles. The van der Waals surface area contributed by atoms with E-state index in [0.717, 1.165) is 17.7 Å². The monoisotopic (exact) mass is 569 g/mol. The van der Waals surface area contributed by atoms with Gasteiger partial charge in [0.05, 0.1) is 0 Å². The Balaban J connectivity index is 1.71. The number of pyridine rings is 1. The average molecular weight is 570 g/mol. The van der Waals surface area contributed by atoms with Gasteiger partial charge in [0.15, 0.2) is 23.1 Å². The van der Waals surface area contributed by atoms with Crippen LogP contribution in [0.2, 0.25) is 0 Å². The smallest absolute Gasteiger partial charge is 0.278 e. The second-order valence-electron chi connectivity index (χ2n) is 9.59. The number of fused-ring (bicyclic) bond motifs is 1. The molecule has 3 aromatic carbocycles. The minimum atomic E-state index is -1.02. The SMILES string of the molecule is C=CCOc1ccccc1C(c1ccc(F)c(F)c1)N1CN(CC=C)C(=O)c2c(OCc3ccccc3)c(=O)ccn21. The fourth-order valence-corrected chi connectivity index (χ4v) is 4.93. The first-order chi connectivity index (χ1) is 20.4. The summed E-state index contributed by atoms with van der Waals surface area (Å²) in [7, 11) is 0. The van der Waals surface area contributed by atoms with E-state index in [1.807, 2.05) is 36.4 Å². The number of ether oxygens (including phenoxy) is 2. The van der Waals surface area contributed by atoms with Crippen molar-refractivity contribution in [2.24, 2.45) is 0 Å². The van der Waals surface area contributed by atoms with Gasteiger partial charge in [0.2, 0.25) is 5.43 Å². The number of carbonyl (C=O) groups is 1. The van der Waals surface area contributed by atoms with E-state index in [9.17, 15) is 18.4 Å². The topological polar surface area (TPSA) is 64.0 Å². The number of aromatic nitrogens is 1. The molecule has 1 unspecified atom stereocenters. The number of amides is 1. The molecule has 1 amide bonds.